The summed E-state index contributed by atoms with van der Waals surface area (Å²) in [6.07, 6.45) is 5.40. The molecule has 0 radical (unpaired) electrons. The normalized spacial score (nSPS) is 25.4. The zero-order valence-electron chi connectivity index (χ0n) is 11.7. The van der Waals surface area contributed by atoms with Crippen molar-refractivity contribution in [3.8, 4) is 0 Å². The first-order valence-corrected chi connectivity index (χ1v) is 7.60. The lowest BCUT2D eigenvalue weighted by Gasteiger charge is -2.29. The zero-order chi connectivity index (χ0) is 13.9. The molecule has 0 aromatic heterocycles. The smallest absolute Gasteiger partial charge is 0.251 e. The van der Waals surface area contributed by atoms with Crippen LogP contribution in [0.1, 0.15) is 48.0 Å². The molecule has 108 valence electrons. The Hall–Kier alpha value is -1.55. The third-order valence-corrected chi connectivity index (χ3v) is 4.39. The highest BCUT2D eigenvalue weighted by Gasteiger charge is 2.26. The largest absolute Gasteiger partial charge is 0.391 e. The number of hydrogen-bond acceptors (Lipinski definition) is 3. The van der Waals surface area contributed by atoms with Crippen LogP contribution in [0.3, 0.4) is 0 Å². The average molecular weight is 274 g/mol. The van der Waals surface area contributed by atoms with Crippen LogP contribution in [-0.2, 0) is 6.42 Å². The molecule has 1 amide bonds. The number of hydrogen-bond donors (Lipinski definition) is 3. The molecule has 1 aromatic carbocycles. The first kappa shape index (κ1) is 13.4. The van der Waals surface area contributed by atoms with E-state index < -0.39 is 6.10 Å². The number of carbonyl (C=O) groups excluding carboxylic acids is 1. The number of aliphatic hydroxyl groups is 1. The van der Waals surface area contributed by atoms with E-state index in [-0.39, 0.29) is 11.9 Å². The summed E-state index contributed by atoms with van der Waals surface area (Å²) in [6.45, 7) is 0.972. The van der Waals surface area contributed by atoms with E-state index in [1.165, 1.54) is 0 Å². The van der Waals surface area contributed by atoms with Crippen molar-refractivity contribution >= 4 is 11.6 Å². The van der Waals surface area contributed by atoms with Gasteiger partial charge in [0.15, 0.2) is 0 Å². The highest BCUT2D eigenvalue weighted by molar-refractivity contribution is 5.97. The second-order valence-corrected chi connectivity index (χ2v) is 5.79. The summed E-state index contributed by atoms with van der Waals surface area (Å²) in [6, 6.07) is 5.74. The van der Waals surface area contributed by atoms with Crippen LogP contribution in [0.5, 0.6) is 0 Å². The van der Waals surface area contributed by atoms with Crippen LogP contribution in [0.15, 0.2) is 18.2 Å². The summed E-state index contributed by atoms with van der Waals surface area (Å²) in [7, 11) is 0. The van der Waals surface area contributed by atoms with Crippen molar-refractivity contribution in [1.29, 1.82) is 0 Å². The van der Waals surface area contributed by atoms with Crippen LogP contribution in [0, 0.1) is 0 Å². The number of amides is 1. The van der Waals surface area contributed by atoms with Gasteiger partial charge in [-0.15, -0.1) is 0 Å². The first-order chi connectivity index (χ1) is 9.75. The molecule has 4 heteroatoms. The fourth-order valence-corrected chi connectivity index (χ4v) is 3.25. The van der Waals surface area contributed by atoms with Gasteiger partial charge in [-0.1, -0.05) is 18.9 Å². The Morgan fingerprint density at radius 2 is 2.10 bits per heavy atom. The molecule has 1 aromatic rings. The maximum atomic E-state index is 12.5. The van der Waals surface area contributed by atoms with Gasteiger partial charge in [0.05, 0.1) is 12.1 Å². The van der Waals surface area contributed by atoms with Crippen LogP contribution in [0.2, 0.25) is 0 Å². The van der Waals surface area contributed by atoms with E-state index in [0.29, 0.717) is 0 Å². The third kappa shape index (κ3) is 2.66. The zero-order valence-corrected chi connectivity index (χ0v) is 11.7. The van der Waals surface area contributed by atoms with Gasteiger partial charge in [-0.3, -0.25) is 4.79 Å². The molecule has 1 saturated carbocycles. The number of anilines is 1. The summed E-state index contributed by atoms with van der Waals surface area (Å²) >= 11 is 0. The first-order valence-electron chi connectivity index (χ1n) is 7.60. The van der Waals surface area contributed by atoms with Gasteiger partial charge in [-0.2, -0.15) is 0 Å². The minimum Gasteiger partial charge on any atom is -0.391 e. The fourth-order valence-electron chi connectivity index (χ4n) is 3.25. The Labute approximate surface area is 119 Å². The predicted molar refractivity (Wildman–Crippen MR) is 79.0 cm³/mol. The monoisotopic (exact) mass is 274 g/mol. The number of fused-ring (bicyclic) bond motifs is 1. The molecule has 2 aliphatic rings. The van der Waals surface area contributed by atoms with Gasteiger partial charge in [-0.05, 0) is 43.4 Å². The highest BCUT2D eigenvalue weighted by atomic mass is 16.3. The molecule has 1 fully saturated rings. The van der Waals surface area contributed by atoms with Crippen LogP contribution < -0.4 is 10.6 Å². The van der Waals surface area contributed by atoms with E-state index in [9.17, 15) is 9.90 Å². The van der Waals surface area contributed by atoms with E-state index in [4.69, 9.17) is 0 Å². The van der Waals surface area contributed by atoms with Crippen molar-refractivity contribution in [2.75, 3.05) is 11.9 Å². The maximum absolute atomic E-state index is 12.5. The minimum atomic E-state index is -0.398. The summed E-state index contributed by atoms with van der Waals surface area (Å²) < 4.78 is 0. The third-order valence-electron chi connectivity index (χ3n) is 4.39. The van der Waals surface area contributed by atoms with Gasteiger partial charge < -0.3 is 15.7 Å². The molecule has 1 aliphatic heterocycles. The van der Waals surface area contributed by atoms with Crippen molar-refractivity contribution in [3.05, 3.63) is 29.3 Å². The van der Waals surface area contributed by atoms with Crippen LogP contribution in [0.25, 0.3) is 0 Å². The van der Waals surface area contributed by atoms with E-state index in [1.807, 2.05) is 18.2 Å². The number of carbonyl (C=O) groups is 1. The SMILES string of the molecule is O=C(NC1CCCCC1O)c1cccc2c1CCCN2. The highest BCUT2D eigenvalue weighted by Crippen LogP contribution is 2.26. The van der Waals surface area contributed by atoms with Gasteiger partial charge in [0.2, 0.25) is 0 Å². The predicted octanol–water partition coefficient (Wildman–Crippen LogP) is 2.08. The number of nitrogens with one attached hydrogen (secondary N) is 2. The molecule has 4 nitrogen and oxygen atoms in total. The van der Waals surface area contributed by atoms with E-state index in [1.54, 1.807) is 0 Å². The lowest BCUT2D eigenvalue weighted by atomic mass is 9.91. The lowest BCUT2D eigenvalue weighted by Crippen LogP contribution is -2.45. The Morgan fingerprint density at radius 1 is 1.25 bits per heavy atom. The summed E-state index contributed by atoms with van der Waals surface area (Å²) in [5.41, 5.74) is 2.95. The molecule has 3 N–H and O–H groups in total. The quantitative estimate of drug-likeness (QED) is 0.774. The van der Waals surface area contributed by atoms with Gasteiger partial charge >= 0.3 is 0 Å². The van der Waals surface area contributed by atoms with Crippen LogP contribution in [0.4, 0.5) is 5.69 Å². The molecule has 2 atom stereocenters. The number of benzene rings is 1. The molecule has 20 heavy (non-hydrogen) atoms. The average Bonchev–Trinajstić information content (AvgIpc) is 2.49. The number of rotatable bonds is 2. The molecule has 0 saturated heterocycles. The summed E-state index contributed by atoms with van der Waals surface area (Å²) in [4.78, 5) is 12.5. The van der Waals surface area contributed by atoms with Crippen molar-refractivity contribution in [3.63, 3.8) is 0 Å². The van der Waals surface area contributed by atoms with E-state index in [0.717, 1.165) is 61.9 Å². The Bertz CT molecular complexity index is 501. The van der Waals surface area contributed by atoms with Crippen molar-refractivity contribution in [2.45, 2.75) is 50.7 Å². The van der Waals surface area contributed by atoms with Crippen molar-refractivity contribution < 1.29 is 9.90 Å². The molecule has 1 aliphatic carbocycles. The van der Waals surface area contributed by atoms with Crippen LogP contribution >= 0.6 is 0 Å². The summed E-state index contributed by atoms with van der Waals surface area (Å²) in [5, 5.41) is 16.3. The second kappa shape index (κ2) is 5.83. The van der Waals surface area contributed by atoms with Crippen molar-refractivity contribution in [1.82, 2.24) is 5.32 Å². The summed E-state index contributed by atoms with van der Waals surface area (Å²) in [5.74, 6) is -0.0449. The Morgan fingerprint density at radius 3 is 2.95 bits per heavy atom. The number of aliphatic hydroxyl groups excluding tert-OH is 1. The molecule has 0 spiro atoms. The molecule has 2 unspecified atom stereocenters. The standard InChI is InChI=1S/C16H22N2O2/c19-15-9-2-1-7-14(15)18-16(20)12-5-3-8-13-11(12)6-4-10-17-13/h3,5,8,14-15,17,19H,1-2,4,6-7,9-10H2,(H,18,20). The maximum Gasteiger partial charge on any atom is 0.251 e. The molecular formula is C16H22N2O2. The Kier molecular flexibility index (Phi) is 3.92. The van der Waals surface area contributed by atoms with Crippen LogP contribution in [-0.4, -0.2) is 29.7 Å². The second-order valence-electron chi connectivity index (χ2n) is 5.79. The molecule has 3 rings (SSSR count). The fraction of sp³-hybridized carbons (Fsp3) is 0.562. The van der Waals surface area contributed by atoms with Gasteiger partial charge in [-0.25, -0.2) is 0 Å². The van der Waals surface area contributed by atoms with E-state index in [2.05, 4.69) is 10.6 Å². The van der Waals surface area contributed by atoms with Gasteiger partial charge in [0, 0.05) is 17.8 Å². The molecule has 1 heterocycles. The molecule has 0 bridgehead atoms. The minimum absolute atomic E-state index is 0.0449. The molecular weight excluding hydrogens is 252 g/mol. The van der Waals surface area contributed by atoms with E-state index >= 15 is 0 Å². The van der Waals surface area contributed by atoms with Crippen molar-refractivity contribution in [2.24, 2.45) is 0 Å². The van der Waals surface area contributed by atoms with Gasteiger partial charge in [0.1, 0.15) is 0 Å². The van der Waals surface area contributed by atoms with Gasteiger partial charge in [0.25, 0.3) is 5.91 Å². The topological polar surface area (TPSA) is 61.4 Å². The lowest BCUT2D eigenvalue weighted by molar-refractivity contribution is 0.0716. The Balaban J connectivity index is 1.77.